The Morgan fingerprint density at radius 1 is 1.41 bits per heavy atom. The van der Waals surface area contributed by atoms with Crippen LogP contribution in [0.1, 0.15) is 25.5 Å². The quantitative estimate of drug-likeness (QED) is 0.874. The van der Waals surface area contributed by atoms with E-state index in [9.17, 15) is 9.18 Å². The van der Waals surface area contributed by atoms with Crippen LogP contribution in [-0.2, 0) is 11.2 Å². The zero-order valence-corrected chi connectivity index (χ0v) is 12.6. The highest BCUT2D eigenvalue weighted by Crippen LogP contribution is 2.22. The van der Waals surface area contributed by atoms with Crippen molar-refractivity contribution in [2.75, 3.05) is 13.1 Å². The average Bonchev–Trinajstić information content (AvgIpc) is 2.96. The summed E-state index contributed by atoms with van der Waals surface area (Å²) < 4.78 is 18.2. The molecule has 4 nitrogen and oxygen atoms in total. The number of nitrogens with zero attached hydrogens (tertiary/aromatic N) is 2. The van der Waals surface area contributed by atoms with Crippen molar-refractivity contribution in [3.8, 4) is 11.3 Å². The number of carbonyl (C=O) groups excluding carboxylic acids is 1. The highest BCUT2D eigenvalue weighted by Gasteiger charge is 2.22. The molecule has 1 fully saturated rings. The molecule has 1 aromatic heterocycles. The van der Waals surface area contributed by atoms with Crippen molar-refractivity contribution in [1.29, 1.82) is 0 Å². The lowest BCUT2D eigenvalue weighted by Gasteiger charge is -2.30. The molecule has 0 saturated carbocycles. The van der Waals surface area contributed by atoms with Gasteiger partial charge >= 0.3 is 0 Å². The van der Waals surface area contributed by atoms with Crippen molar-refractivity contribution in [2.45, 2.75) is 26.2 Å². The first-order chi connectivity index (χ1) is 10.6. The highest BCUT2D eigenvalue weighted by molar-refractivity contribution is 5.78. The molecule has 2 aromatic rings. The molecule has 2 heterocycles. The van der Waals surface area contributed by atoms with E-state index in [-0.39, 0.29) is 18.1 Å². The molecule has 1 amide bonds. The Labute approximate surface area is 128 Å². The number of amides is 1. The van der Waals surface area contributed by atoms with Gasteiger partial charge in [0.2, 0.25) is 5.91 Å². The molecule has 0 bridgehead atoms. The normalized spacial score (nSPS) is 18.5. The second-order valence-corrected chi connectivity index (χ2v) is 5.95. The van der Waals surface area contributed by atoms with Crippen LogP contribution >= 0.6 is 0 Å². The lowest BCUT2D eigenvalue weighted by Crippen LogP contribution is -2.39. The lowest BCUT2D eigenvalue weighted by molar-refractivity contribution is -0.132. The average molecular weight is 302 g/mol. The van der Waals surface area contributed by atoms with Crippen molar-refractivity contribution in [1.82, 2.24) is 10.1 Å². The number of carbonyl (C=O) groups is 1. The predicted octanol–water partition coefficient (Wildman–Crippen LogP) is 3.28. The van der Waals surface area contributed by atoms with E-state index in [1.54, 1.807) is 18.2 Å². The molecule has 1 aliphatic rings. The van der Waals surface area contributed by atoms with Crippen molar-refractivity contribution in [3.63, 3.8) is 0 Å². The van der Waals surface area contributed by atoms with E-state index in [2.05, 4.69) is 12.1 Å². The van der Waals surface area contributed by atoms with E-state index in [1.165, 1.54) is 18.6 Å². The number of benzene rings is 1. The van der Waals surface area contributed by atoms with Gasteiger partial charge in [0, 0.05) is 24.7 Å². The maximum absolute atomic E-state index is 12.9. The second-order valence-electron chi connectivity index (χ2n) is 5.95. The van der Waals surface area contributed by atoms with Gasteiger partial charge < -0.3 is 9.42 Å². The molecule has 5 heteroatoms. The molecule has 1 unspecified atom stereocenters. The largest absolute Gasteiger partial charge is 0.356 e. The van der Waals surface area contributed by atoms with E-state index in [0.29, 0.717) is 17.4 Å². The van der Waals surface area contributed by atoms with Gasteiger partial charge in [-0.05, 0) is 43.0 Å². The van der Waals surface area contributed by atoms with Crippen molar-refractivity contribution >= 4 is 5.91 Å². The topological polar surface area (TPSA) is 46.3 Å². The van der Waals surface area contributed by atoms with E-state index in [4.69, 9.17) is 4.52 Å². The third kappa shape index (κ3) is 3.35. The first-order valence-corrected chi connectivity index (χ1v) is 7.61. The van der Waals surface area contributed by atoms with Gasteiger partial charge in [0.05, 0.1) is 12.1 Å². The minimum absolute atomic E-state index is 0.0884. The lowest BCUT2D eigenvalue weighted by atomic mass is 10.00. The van der Waals surface area contributed by atoms with Crippen LogP contribution in [-0.4, -0.2) is 29.1 Å². The molecule has 1 saturated heterocycles. The Morgan fingerprint density at radius 3 is 2.91 bits per heavy atom. The Hall–Kier alpha value is -2.17. The Bertz CT molecular complexity index is 651. The maximum atomic E-state index is 12.9. The maximum Gasteiger partial charge on any atom is 0.228 e. The van der Waals surface area contributed by atoms with E-state index < -0.39 is 0 Å². The molecule has 22 heavy (non-hydrogen) atoms. The van der Waals surface area contributed by atoms with Crippen molar-refractivity contribution in [2.24, 2.45) is 5.92 Å². The second kappa shape index (κ2) is 6.30. The zero-order chi connectivity index (χ0) is 15.5. The first-order valence-electron chi connectivity index (χ1n) is 7.61. The molecule has 3 rings (SSSR count). The fraction of sp³-hybridized carbons (Fsp3) is 0.412. The molecular formula is C17H19FN2O2. The van der Waals surface area contributed by atoms with Gasteiger partial charge in [-0.25, -0.2) is 4.39 Å². The van der Waals surface area contributed by atoms with Crippen LogP contribution in [0.3, 0.4) is 0 Å². The van der Waals surface area contributed by atoms with Gasteiger partial charge in [0.15, 0.2) is 5.76 Å². The Kier molecular flexibility index (Phi) is 4.22. The first kappa shape index (κ1) is 14.8. The molecule has 0 aliphatic carbocycles. The minimum Gasteiger partial charge on any atom is -0.356 e. The molecule has 1 atom stereocenters. The fourth-order valence-electron chi connectivity index (χ4n) is 2.83. The SMILES string of the molecule is CC1CCCN(C(=O)Cc2cc(-c3ccc(F)cc3)on2)C1. The predicted molar refractivity (Wildman–Crippen MR) is 80.6 cm³/mol. The van der Waals surface area contributed by atoms with Crippen LogP contribution in [0.15, 0.2) is 34.9 Å². The summed E-state index contributed by atoms with van der Waals surface area (Å²) in [6, 6.07) is 7.76. The summed E-state index contributed by atoms with van der Waals surface area (Å²) in [4.78, 5) is 14.2. The number of hydrogen-bond donors (Lipinski definition) is 0. The van der Waals surface area contributed by atoms with Crippen LogP contribution in [0.4, 0.5) is 4.39 Å². The van der Waals surface area contributed by atoms with Gasteiger partial charge in [-0.2, -0.15) is 0 Å². The van der Waals surface area contributed by atoms with Gasteiger partial charge in [-0.3, -0.25) is 4.79 Å². The number of likely N-dealkylation sites (tertiary alicyclic amines) is 1. The van der Waals surface area contributed by atoms with Crippen molar-refractivity contribution in [3.05, 3.63) is 41.8 Å². The van der Waals surface area contributed by atoms with Gasteiger partial charge in [-0.1, -0.05) is 12.1 Å². The van der Waals surface area contributed by atoms with Crippen LogP contribution in [0.25, 0.3) is 11.3 Å². The Balaban J connectivity index is 1.66. The summed E-state index contributed by atoms with van der Waals surface area (Å²) in [6.07, 6.45) is 2.49. The highest BCUT2D eigenvalue weighted by atomic mass is 19.1. The standard InChI is InChI=1S/C17H19FN2O2/c1-12-3-2-8-20(11-12)17(21)10-15-9-16(22-19-15)13-4-6-14(18)7-5-13/h4-7,9,12H,2-3,8,10-11H2,1H3. The summed E-state index contributed by atoms with van der Waals surface area (Å²) in [5.41, 5.74) is 1.36. The molecule has 116 valence electrons. The summed E-state index contributed by atoms with van der Waals surface area (Å²) in [6.45, 7) is 3.82. The molecule has 0 N–H and O–H groups in total. The van der Waals surface area contributed by atoms with E-state index >= 15 is 0 Å². The number of hydrogen-bond acceptors (Lipinski definition) is 3. The molecule has 0 spiro atoms. The van der Waals surface area contributed by atoms with E-state index in [1.807, 2.05) is 4.90 Å². The fourth-order valence-corrected chi connectivity index (χ4v) is 2.83. The smallest absolute Gasteiger partial charge is 0.228 e. The zero-order valence-electron chi connectivity index (χ0n) is 12.6. The Morgan fingerprint density at radius 2 is 2.18 bits per heavy atom. The summed E-state index contributed by atoms with van der Waals surface area (Å²) in [7, 11) is 0. The van der Waals surface area contributed by atoms with Crippen LogP contribution in [0.5, 0.6) is 0 Å². The minimum atomic E-state index is -0.294. The molecule has 1 aromatic carbocycles. The van der Waals surface area contributed by atoms with Gasteiger partial charge in [-0.15, -0.1) is 0 Å². The summed E-state index contributed by atoms with van der Waals surface area (Å²) in [5, 5.41) is 3.95. The van der Waals surface area contributed by atoms with Gasteiger partial charge in [0.25, 0.3) is 0 Å². The summed E-state index contributed by atoms with van der Waals surface area (Å²) >= 11 is 0. The van der Waals surface area contributed by atoms with E-state index in [0.717, 1.165) is 25.1 Å². The third-order valence-corrected chi connectivity index (χ3v) is 4.03. The summed E-state index contributed by atoms with van der Waals surface area (Å²) in [5.74, 6) is 0.906. The van der Waals surface area contributed by atoms with Crippen LogP contribution < -0.4 is 0 Å². The van der Waals surface area contributed by atoms with Crippen LogP contribution in [0.2, 0.25) is 0 Å². The number of aromatic nitrogens is 1. The van der Waals surface area contributed by atoms with Crippen molar-refractivity contribution < 1.29 is 13.7 Å². The molecule has 0 radical (unpaired) electrons. The molecule has 1 aliphatic heterocycles. The number of rotatable bonds is 3. The third-order valence-electron chi connectivity index (χ3n) is 4.03. The van der Waals surface area contributed by atoms with Crippen LogP contribution in [0, 0.1) is 11.7 Å². The molecular weight excluding hydrogens is 283 g/mol. The monoisotopic (exact) mass is 302 g/mol. The number of halogens is 1. The van der Waals surface area contributed by atoms with Gasteiger partial charge in [0.1, 0.15) is 5.82 Å². The number of piperidine rings is 1.